The van der Waals surface area contributed by atoms with Crippen molar-refractivity contribution in [3.63, 3.8) is 0 Å². The Morgan fingerprint density at radius 2 is 1.36 bits per heavy atom. The molecule has 0 saturated carbocycles. The molecule has 0 bridgehead atoms. The molecule has 0 N–H and O–H groups in total. The number of hydrogen-bond acceptors (Lipinski definition) is 4. The third-order valence-corrected chi connectivity index (χ3v) is 5.62. The molecule has 152 valence electrons. The first-order valence-electron chi connectivity index (χ1n) is 10.2. The van der Waals surface area contributed by atoms with Gasteiger partial charge in [-0.3, -0.25) is 4.98 Å². The Labute approximate surface area is 190 Å². The van der Waals surface area contributed by atoms with Crippen LogP contribution >= 0.6 is 0 Å². The summed E-state index contributed by atoms with van der Waals surface area (Å²) in [5, 5.41) is 29.4. The van der Waals surface area contributed by atoms with Crippen LogP contribution in [0.2, 0.25) is 0 Å². The van der Waals surface area contributed by atoms with E-state index in [1.165, 1.54) is 12.1 Å². The van der Waals surface area contributed by atoms with Crippen LogP contribution in [0, 0.1) is 34.0 Å². The molecule has 5 rings (SSSR count). The summed E-state index contributed by atoms with van der Waals surface area (Å²) in [6.07, 6.45) is 5.73. The van der Waals surface area contributed by atoms with Crippen LogP contribution in [0.5, 0.6) is 0 Å². The minimum absolute atomic E-state index is 0.294. The third kappa shape index (κ3) is 3.39. The molecule has 2 aromatic heterocycles. The summed E-state index contributed by atoms with van der Waals surface area (Å²) in [6.45, 7) is 0. The van der Waals surface area contributed by atoms with Crippen molar-refractivity contribution in [2.24, 2.45) is 0 Å². The van der Waals surface area contributed by atoms with Gasteiger partial charge in [0.25, 0.3) is 0 Å². The number of fused-ring (bicyclic) bond motifs is 1. The number of aromatic nitrogens is 2. The summed E-state index contributed by atoms with van der Waals surface area (Å²) in [4.78, 5) is 4.42. The van der Waals surface area contributed by atoms with E-state index < -0.39 is 0 Å². The van der Waals surface area contributed by atoms with Crippen LogP contribution in [0.1, 0.15) is 16.7 Å². The minimum Gasteiger partial charge on any atom is -0.316 e. The topological polar surface area (TPSA) is 89.2 Å². The SMILES string of the molecule is N#Cc1cc(C#N)c(-c2ccc(-c3cncc4ccn(-c5ccccc5)c34)cc2)c(C#N)c1. The molecule has 2 heterocycles. The van der Waals surface area contributed by atoms with Crippen LogP contribution in [-0.4, -0.2) is 9.55 Å². The molecule has 0 saturated heterocycles. The average molecular weight is 421 g/mol. The highest BCUT2D eigenvalue weighted by Crippen LogP contribution is 2.34. The summed E-state index contributed by atoms with van der Waals surface area (Å²) in [5.41, 5.74) is 6.25. The van der Waals surface area contributed by atoms with Gasteiger partial charge in [-0.1, -0.05) is 42.5 Å². The number of benzene rings is 3. The van der Waals surface area contributed by atoms with Gasteiger partial charge in [-0.2, -0.15) is 15.8 Å². The van der Waals surface area contributed by atoms with E-state index >= 15 is 0 Å². The van der Waals surface area contributed by atoms with Gasteiger partial charge in [0.2, 0.25) is 0 Å². The Balaban J connectivity index is 1.65. The highest BCUT2D eigenvalue weighted by Gasteiger charge is 2.15. The fourth-order valence-corrected chi connectivity index (χ4v) is 4.12. The third-order valence-electron chi connectivity index (χ3n) is 5.62. The van der Waals surface area contributed by atoms with Crippen molar-refractivity contribution in [1.29, 1.82) is 15.8 Å². The Kier molecular flexibility index (Phi) is 4.89. The second-order valence-corrected chi connectivity index (χ2v) is 7.51. The van der Waals surface area contributed by atoms with E-state index in [0.717, 1.165) is 33.3 Å². The standard InChI is InChI=1S/C28H15N5/c29-14-19-12-23(15-30)27(24(13-19)16-31)21-8-6-20(7-9-21)26-18-32-17-22-10-11-33(28(22)26)25-4-2-1-3-5-25/h1-13,17-18H. The number of para-hydroxylation sites is 1. The molecule has 5 nitrogen and oxygen atoms in total. The smallest absolute Gasteiger partial charge is 0.0999 e. The van der Waals surface area contributed by atoms with Gasteiger partial charge in [0.15, 0.2) is 0 Å². The second-order valence-electron chi connectivity index (χ2n) is 7.51. The predicted octanol–water partition coefficient (Wildman–Crippen LogP) is 5.97. The molecular weight excluding hydrogens is 406 g/mol. The van der Waals surface area contributed by atoms with E-state index in [9.17, 15) is 15.8 Å². The van der Waals surface area contributed by atoms with Crippen molar-refractivity contribution in [3.8, 4) is 46.1 Å². The van der Waals surface area contributed by atoms with Gasteiger partial charge in [0.05, 0.1) is 40.4 Å². The highest BCUT2D eigenvalue weighted by molar-refractivity contribution is 5.95. The van der Waals surface area contributed by atoms with E-state index in [0.29, 0.717) is 22.3 Å². The van der Waals surface area contributed by atoms with E-state index in [4.69, 9.17) is 0 Å². The van der Waals surface area contributed by atoms with E-state index in [1.54, 1.807) is 0 Å². The molecular formula is C28H15N5. The lowest BCUT2D eigenvalue weighted by Crippen LogP contribution is -1.95. The molecule has 5 heteroatoms. The molecule has 0 fully saturated rings. The zero-order chi connectivity index (χ0) is 22.8. The first kappa shape index (κ1) is 19.8. The summed E-state index contributed by atoms with van der Waals surface area (Å²) in [6, 6.07) is 29.2. The fraction of sp³-hybridized carbons (Fsp3) is 0. The number of nitriles is 3. The fourth-order valence-electron chi connectivity index (χ4n) is 4.12. The van der Waals surface area contributed by atoms with Gasteiger partial charge in [-0.15, -0.1) is 0 Å². The average Bonchev–Trinajstić information content (AvgIpc) is 3.33. The second kappa shape index (κ2) is 8.16. The van der Waals surface area contributed by atoms with Gasteiger partial charge in [0, 0.05) is 40.8 Å². The van der Waals surface area contributed by atoms with Gasteiger partial charge in [-0.25, -0.2) is 0 Å². The summed E-state index contributed by atoms with van der Waals surface area (Å²) in [7, 11) is 0. The monoisotopic (exact) mass is 421 g/mol. The van der Waals surface area contributed by atoms with Crippen molar-refractivity contribution in [2.45, 2.75) is 0 Å². The summed E-state index contributed by atoms with van der Waals surface area (Å²) >= 11 is 0. The molecule has 0 aliphatic heterocycles. The van der Waals surface area contributed by atoms with Crippen molar-refractivity contribution in [1.82, 2.24) is 9.55 Å². The zero-order valence-electron chi connectivity index (χ0n) is 17.4. The zero-order valence-corrected chi connectivity index (χ0v) is 17.4. The molecule has 0 spiro atoms. The van der Waals surface area contributed by atoms with Gasteiger partial charge in [0.1, 0.15) is 0 Å². The van der Waals surface area contributed by atoms with Crippen LogP contribution in [0.4, 0.5) is 0 Å². The Morgan fingerprint density at radius 1 is 0.697 bits per heavy atom. The first-order chi connectivity index (χ1) is 16.2. The quantitative estimate of drug-likeness (QED) is 0.359. The van der Waals surface area contributed by atoms with Crippen LogP contribution in [-0.2, 0) is 0 Å². The lowest BCUT2D eigenvalue weighted by atomic mass is 9.92. The number of pyridine rings is 1. The molecule has 0 unspecified atom stereocenters. The van der Waals surface area contributed by atoms with Crippen molar-refractivity contribution >= 4 is 10.9 Å². The molecule has 0 amide bonds. The number of rotatable bonds is 3. The van der Waals surface area contributed by atoms with Crippen LogP contribution in [0.25, 0.3) is 38.8 Å². The summed E-state index contributed by atoms with van der Waals surface area (Å²) < 4.78 is 2.14. The predicted molar refractivity (Wildman–Crippen MR) is 126 cm³/mol. The van der Waals surface area contributed by atoms with Crippen molar-refractivity contribution in [3.05, 3.63) is 108 Å². The number of hydrogen-bond donors (Lipinski definition) is 0. The molecule has 0 aliphatic rings. The van der Waals surface area contributed by atoms with Crippen molar-refractivity contribution in [2.75, 3.05) is 0 Å². The molecule has 33 heavy (non-hydrogen) atoms. The van der Waals surface area contributed by atoms with Crippen LogP contribution < -0.4 is 0 Å². The minimum atomic E-state index is 0.294. The van der Waals surface area contributed by atoms with E-state index in [-0.39, 0.29) is 0 Å². The highest BCUT2D eigenvalue weighted by atomic mass is 15.0. The summed E-state index contributed by atoms with van der Waals surface area (Å²) in [5.74, 6) is 0. The Bertz CT molecular complexity index is 1590. The Morgan fingerprint density at radius 3 is 2.00 bits per heavy atom. The molecule has 0 atom stereocenters. The van der Waals surface area contributed by atoms with E-state index in [2.05, 4.69) is 33.8 Å². The van der Waals surface area contributed by atoms with Gasteiger partial charge in [-0.05, 0) is 41.5 Å². The Hall–Kier alpha value is -5.18. The number of nitrogens with zero attached hydrogens (tertiary/aromatic N) is 5. The lowest BCUT2D eigenvalue weighted by molar-refractivity contribution is 1.13. The molecule has 3 aromatic carbocycles. The van der Waals surface area contributed by atoms with E-state index in [1.807, 2.05) is 73.2 Å². The maximum absolute atomic E-state index is 9.61. The first-order valence-corrected chi connectivity index (χ1v) is 10.2. The van der Waals surface area contributed by atoms with Gasteiger partial charge < -0.3 is 4.57 Å². The molecule has 0 radical (unpaired) electrons. The molecule has 0 aliphatic carbocycles. The van der Waals surface area contributed by atoms with Crippen LogP contribution in [0.15, 0.2) is 91.4 Å². The van der Waals surface area contributed by atoms with Crippen LogP contribution in [0.3, 0.4) is 0 Å². The molecule has 5 aromatic rings. The van der Waals surface area contributed by atoms with Gasteiger partial charge >= 0.3 is 0 Å². The normalized spacial score (nSPS) is 10.3. The largest absolute Gasteiger partial charge is 0.316 e. The maximum atomic E-state index is 9.61. The van der Waals surface area contributed by atoms with Crippen molar-refractivity contribution < 1.29 is 0 Å². The lowest BCUT2D eigenvalue weighted by Gasteiger charge is -2.12. The maximum Gasteiger partial charge on any atom is 0.0999 e.